The lowest BCUT2D eigenvalue weighted by Crippen LogP contribution is -2.78. The molecule has 0 aromatic heterocycles. The number of hydrogen-bond donors (Lipinski definition) is 2. The topological polar surface area (TPSA) is 121 Å². The average Bonchev–Trinajstić information content (AvgIpc) is 3.34. The average molecular weight is 567 g/mol. The third-order valence-corrected chi connectivity index (χ3v) is 10.3. The summed E-state index contributed by atoms with van der Waals surface area (Å²) in [7, 11) is 0. The van der Waals surface area contributed by atoms with Crippen LogP contribution in [0.4, 0.5) is 0 Å². The van der Waals surface area contributed by atoms with E-state index < -0.39 is 76.7 Å². The van der Waals surface area contributed by atoms with E-state index in [4.69, 9.17) is 23.7 Å². The molecule has 3 fully saturated rings. The van der Waals surface area contributed by atoms with Gasteiger partial charge < -0.3 is 33.9 Å². The van der Waals surface area contributed by atoms with E-state index >= 15 is 0 Å². The molecule has 6 rings (SSSR count). The van der Waals surface area contributed by atoms with Crippen LogP contribution in [0.15, 0.2) is 66.3 Å². The molecule has 0 spiro atoms. The van der Waals surface area contributed by atoms with Crippen LogP contribution in [0.5, 0.6) is 0 Å². The molecule has 1 saturated carbocycles. The fourth-order valence-corrected chi connectivity index (χ4v) is 8.15. The quantitative estimate of drug-likeness (QED) is 0.418. The number of aliphatic hydroxyl groups is 2. The largest absolute Gasteiger partial charge is 0.455 e. The molecule has 41 heavy (non-hydrogen) atoms. The molecule has 9 heteroatoms. The summed E-state index contributed by atoms with van der Waals surface area (Å²) in [5.74, 6) is -2.01. The molecule has 9 nitrogen and oxygen atoms in total. The van der Waals surface area contributed by atoms with Gasteiger partial charge in [0, 0.05) is 24.2 Å². The summed E-state index contributed by atoms with van der Waals surface area (Å²) in [4.78, 5) is 26.4. The summed E-state index contributed by atoms with van der Waals surface area (Å²) in [6.45, 7) is 12.8. The lowest BCUT2D eigenvalue weighted by atomic mass is 9.46. The van der Waals surface area contributed by atoms with Crippen molar-refractivity contribution < 1.29 is 43.5 Å². The highest BCUT2D eigenvalue weighted by Crippen LogP contribution is 2.65. The van der Waals surface area contributed by atoms with Crippen LogP contribution < -0.4 is 0 Å². The predicted octanol–water partition coefficient (Wildman–Crippen LogP) is 3.25. The molecule has 2 N–H and O–H groups in total. The monoisotopic (exact) mass is 566 g/mol. The fraction of sp³-hybridized carbons (Fsp3) is 0.562. The molecule has 1 aromatic rings. The molecule has 0 radical (unpaired) electrons. The number of ether oxygens (including phenoxy) is 5. The van der Waals surface area contributed by atoms with Crippen molar-refractivity contribution in [2.75, 3.05) is 6.61 Å². The van der Waals surface area contributed by atoms with E-state index in [0.717, 1.165) is 0 Å². The Balaban J connectivity index is 1.64. The van der Waals surface area contributed by atoms with Crippen molar-refractivity contribution in [3.63, 3.8) is 0 Å². The lowest BCUT2D eigenvalue weighted by molar-refractivity contribution is -0.316. The van der Waals surface area contributed by atoms with E-state index in [-0.39, 0.29) is 13.0 Å². The molecule has 3 aliphatic carbocycles. The van der Waals surface area contributed by atoms with E-state index in [2.05, 4.69) is 6.58 Å². The molecule has 2 bridgehead atoms. The zero-order chi connectivity index (χ0) is 29.5. The highest BCUT2D eigenvalue weighted by atomic mass is 16.7. The standard InChI is InChI=1S/C32H38O9/c1-7-22-38-24-23-17(2)20(34)15-32(36,29(23,4)5)27(40-28(35)19-11-9-8-10-12-19)25-30(6,26(24)39-22)14-13-21-31(25,16-37-21)41-18(3)33/h7-14,20-22,24-27,34,36H,1,15-16H2,2-6H3/t20-,21?,22?,24+,25?,26+,27-,30+,31-,32+/m0/s1. The molecule has 5 aliphatic rings. The van der Waals surface area contributed by atoms with Gasteiger partial charge in [-0.1, -0.05) is 57.7 Å². The molecule has 0 amide bonds. The number of benzene rings is 1. The minimum Gasteiger partial charge on any atom is -0.455 e. The zero-order valence-corrected chi connectivity index (χ0v) is 24.0. The fourth-order valence-electron chi connectivity index (χ4n) is 8.15. The van der Waals surface area contributed by atoms with Gasteiger partial charge in [-0.25, -0.2) is 4.79 Å². The van der Waals surface area contributed by atoms with Crippen molar-refractivity contribution in [3.05, 3.63) is 71.8 Å². The van der Waals surface area contributed by atoms with Crippen molar-refractivity contribution in [1.29, 1.82) is 0 Å². The molecule has 1 aromatic carbocycles. The number of rotatable bonds is 4. The van der Waals surface area contributed by atoms with E-state index in [9.17, 15) is 19.8 Å². The van der Waals surface area contributed by atoms with Gasteiger partial charge in [0.2, 0.25) is 0 Å². The van der Waals surface area contributed by atoms with Crippen LogP contribution >= 0.6 is 0 Å². The Morgan fingerprint density at radius 2 is 1.85 bits per heavy atom. The summed E-state index contributed by atoms with van der Waals surface area (Å²) in [5.41, 5.74) is -3.47. The third kappa shape index (κ3) is 3.79. The summed E-state index contributed by atoms with van der Waals surface area (Å²) in [6.07, 6.45) is 0.216. The normalized spacial score (nSPS) is 43.8. The van der Waals surface area contributed by atoms with Crippen LogP contribution in [0.1, 0.15) is 51.4 Å². The number of carbonyl (C=O) groups excluding carboxylic acids is 2. The van der Waals surface area contributed by atoms with Crippen molar-refractivity contribution in [3.8, 4) is 0 Å². The highest BCUT2D eigenvalue weighted by molar-refractivity contribution is 5.89. The minimum atomic E-state index is -1.81. The summed E-state index contributed by atoms with van der Waals surface area (Å²) in [5, 5.41) is 24.4. The van der Waals surface area contributed by atoms with E-state index in [0.29, 0.717) is 16.7 Å². The second-order valence-corrected chi connectivity index (χ2v) is 12.8. The Bertz CT molecular complexity index is 1330. The van der Waals surface area contributed by atoms with Crippen molar-refractivity contribution in [2.24, 2.45) is 16.7 Å². The molecular formula is C32H38O9. The van der Waals surface area contributed by atoms with Gasteiger partial charge in [-0.05, 0) is 36.3 Å². The Morgan fingerprint density at radius 3 is 2.46 bits per heavy atom. The van der Waals surface area contributed by atoms with Gasteiger partial charge in [-0.15, -0.1) is 0 Å². The highest BCUT2D eigenvalue weighted by Gasteiger charge is 2.76. The van der Waals surface area contributed by atoms with Crippen LogP contribution in [-0.2, 0) is 28.5 Å². The first-order valence-corrected chi connectivity index (χ1v) is 14.1. The van der Waals surface area contributed by atoms with Crippen LogP contribution in [-0.4, -0.2) is 76.8 Å². The maximum Gasteiger partial charge on any atom is 0.338 e. The maximum absolute atomic E-state index is 13.8. The number of aliphatic hydroxyl groups excluding tert-OH is 1. The zero-order valence-electron chi connectivity index (χ0n) is 24.0. The third-order valence-electron chi connectivity index (χ3n) is 10.3. The molecule has 2 heterocycles. The summed E-state index contributed by atoms with van der Waals surface area (Å²) < 4.78 is 31.3. The van der Waals surface area contributed by atoms with Crippen LogP contribution in [0.3, 0.4) is 0 Å². The second-order valence-electron chi connectivity index (χ2n) is 12.8. The smallest absolute Gasteiger partial charge is 0.338 e. The predicted molar refractivity (Wildman–Crippen MR) is 146 cm³/mol. The van der Waals surface area contributed by atoms with Gasteiger partial charge in [0.1, 0.15) is 30.0 Å². The Morgan fingerprint density at radius 1 is 1.15 bits per heavy atom. The second kappa shape index (κ2) is 9.34. The minimum absolute atomic E-state index is 0.0329. The first kappa shape index (κ1) is 28.3. The molecular weight excluding hydrogens is 528 g/mol. The Hall–Kier alpha value is -2.82. The van der Waals surface area contributed by atoms with Crippen molar-refractivity contribution >= 4 is 11.9 Å². The van der Waals surface area contributed by atoms with Crippen molar-refractivity contribution in [1.82, 2.24) is 0 Å². The van der Waals surface area contributed by atoms with E-state index in [1.165, 1.54) is 6.92 Å². The summed E-state index contributed by atoms with van der Waals surface area (Å²) >= 11 is 0. The maximum atomic E-state index is 13.8. The van der Waals surface area contributed by atoms with Gasteiger partial charge in [-0.3, -0.25) is 4.79 Å². The molecule has 2 aliphatic heterocycles. The number of hydrogen-bond acceptors (Lipinski definition) is 9. The first-order chi connectivity index (χ1) is 19.3. The Kier molecular flexibility index (Phi) is 6.45. The SMILES string of the molecule is C=CC1O[C@@H]2C3=C(C)[C@@H](O)C[C@@](O)([C@@H](OC(=O)c4ccccc4)C4[C@]5(OC(C)=O)COC5C=C[C@@]4(C)[C@@H]2O1)C3(C)C. The van der Waals surface area contributed by atoms with Gasteiger partial charge in [-0.2, -0.15) is 0 Å². The van der Waals surface area contributed by atoms with Gasteiger partial charge >= 0.3 is 11.9 Å². The van der Waals surface area contributed by atoms with Crippen LogP contribution in [0.2, 0.25) is 0 Å². The number of esters is 2. The van der Waals surface area contributed by atoms with E-state index in [1.54, 1.807) is 36.4 Å². The van der Waals surface area contributed by atoms with Crippen LogP contribution in [0.25, 0.3) is 0 Å². The van der Waals surface area contributed by atoms with Gasteiger partial charge in [0.15, 0.2) is 11.9 Å². The first-order valence-electron chi connectivity index (χ1n) is 14.1. The Labute approximate surface area is 239 Å². The molecule has 10 atom stereocenters. The number of carbonyl (C=O) groups is 2. The van der Waals surface area contributed by atoms with Gasteiger partial charge in [0.25, 0.3) is 0 Å². The lowest BCUT2D eigenvalue weighted by Gasteiger charge is -2.66. The molecule has 2 saturated heterocycles. The van der Waals surface area contributed by atoms with Crippen LogP contribution in [0, 0.1) is 16.7 Å². The molecule has 3 unspecified atom stereocenters. The summed E-state index contributed by atoms with van der Waals surface area (Å²) in [6, 6.07) is 8.54. The van der Waals surface area contributed by atoms with E-state index in [1.807, 2.05) is 39.8 Å². The molecule has 220 valence electrons. The van der Waals surface area contributed by atoms with Gasteiger partial charge in [0.05, 0.1) is 24.2 Å². The number of fused-ring (bicyclic) bond motifs is 8. The van der Waals surface area contributed by atoms with Crippen molar-refractivity contribution in [2.45, 2.75) is 89.1 Å².